The molecular weight excluding hydrogens is 468 g/mol. The molecule has 2 atom stereocenters. The molecule has 0 bridgehead atoms. The first-order chi connectivity index (χ1) is 17.7. The number of nitrogens with one attached hydrogen (secondary N) is 1. The van der Waals surface area contributed by atoms with Crippen LogP contribution in [0.4, 0.5) is 5.69 Å². The van der Waals surface area contributed by atoms with E-state index in [-0.39, 0.29) is 11.8 Å². The molecule has 6 nitrogen and oxygen atoms in total. The molecule has 0 saturated carbocycles. The van der Waals surface area contributed by atoms with E-state index in [9.17, 15) is 4.79 Å². The summed E-state index contributed by atoms with van der Waals surface area (Å²) in [6, 6.07) is 17.2. The van der Waals surface area contributed by atoms with E-state index in [1.165, 1.54) is 5.69 Å². The third kappa shape index (κ3) is 4.59. The number of aromatic amines is 1. The van der Waals surface area contributed by atoms with Gasteiger partial charge in [-0.3, -0.25) is 14.8 Å². The topological polar surface area (TPSA) is 61.5 Å². The Balaban J connectivity index is 1.25. The molecule has 0 spiro atoms. The Bertz CT molecular complexity index is 1330. The molecule has 2 aliphatic rings. The number of likely N-dealkylation sites (tertiary alicyclic amines) is 1. The van der Waals surface area contributed by atoms with Gasteiger partial charge in [0.05, 0.1) is 30.5 Å². The molecule has 2 fully saturated rings. The van der Waals surface area contributed by atoms with E-state index in [4.69, 9.17) is 4.74 Å². The number of nitrogens with zero attached hydrogens (tertiary/aromatic N) is 3. The van der Waals surface area contributed by atoms with Gasteiger partial charge < -0.3 is 9.64 Å². The van der Waals surface area contributed by atoms with Crippen molar-refractivity contribution >= 4 is 33.7 Å². The number of benzene rings is 2. The maximum Gasteiger partial charge on any atom is 0.158 e. The van der Waals surface area contributed by atoms with E-state index < -0.39 is 0 Å². The highest BCUT2D eigenvalue weighted by molar-refractivity contribution is 7.08. The lowest BCUT2D eigenvalue weighted by atomic mass is 9.96. The lowest BCUT2D eigenvalue weighted by Gasteiger charge is -2.30. The van der Waals surface area contributed by atoms with Crippen molar-refractivity contribution in [3.63, 3.8) is 0 Å². The van der Waals surface area contributed by atoms with Crippen LogP contribution in [0.2, 0.25) is 0 Å². The van der Waals surface area contributed by atoms with Gasteiger partial charge in [-0.2, -0.15) is 16.4 Å². The molecular formula is C29H32N4O2S. The summed E-state index contributed by atoms with van der Waals surface area (Å²) in [7, 11) is 0. The molecule has 7 heteroatoms. The molecule has 1 unspecified atom stereocenters. The highest BCUT2D eigenvalue weighted by Gasteiger charge is 2.33. The van der Waals surface area contributed by atoms with Crippen molar-refractivity contribution in [1.82, 2.24) is 15.1 Å². The van der Waals surface area contributed by atoms with Crippen molar-refractivity contribution in [2.24, 2.45) is 0 Å². The number of thiophene rings is 1. The van der Waals surface area contributed by atoms with Crippen LogP contribution in [0.3, 0.4) is 0 Å². The molecule has 0 aliphatic carbocycles. The summed E-state index contributed by atoms with van der Waals surface area (Å²) < 4.78 is 5.48. The standard InChI is InChI=1S/C29H32N4O2S/c1-20-3-2-11-33(20)29(23-10-16-36-19-23)27(34)18-21-4-9-26-25(17-21)28(31-30-26)22-5-7-24(8-6-22)32-12-14-35-15-13-32/h4-10,16-17,19-20,29H,2-3,11-15,18H2,1H3,(H,30,31)/t20-,29?/m1/s1. The van der Waals surface area contributed by atoms with Crippen LogP contribution in [-0.4, -0.2) is 59.8 Å². The number of rotatable bonds is 7. The van der Waals surface area contributed by atoms with Gasteiger partial charge in [0, 0.05) is 42.2 Å². The number of carbonyl (C=O) groups is 1. The summed E-state index contributed by atoms with van der Waals surface area (Å²) in [5, 5.41) is 13.1. The lowest BCUT2D eigenvalue weighted by Crippen LogP contribution is -2.37. The zero-order valence-electron chi connectivity index (χ0n) is 20.7. The number of fused-ring (bicyclic) bond motifs is 1. The Hall–Kier alpha value is -3.00. The second-order valence-corrected chi connectivity index (χ2v) is 10.7. The molecule has 0 radical (unpaired) electrons. The molecule has 2 aliphatic heterocycles. The summed E-state index contributed by atoms with van der Waals surface area (Å²) in [6.45, 7) is 6.62. The first kappa shape index (κ1) is 23.4. The van der Waals surface area contributed by atoms with E-state index in [1.54, 1.807) is 11.3 Å². The maximum absolute atomic E-state index is 13.7. The predicted octanol–water partition coefficient (Wildman–Crippen LogP) is 5.47. The number of ether oxygens (including phenoxy) is 1. The summed E-state index contributed by atoms with van der Waals surface area (Å²) in [4.78, 5) is 18.4. The van der Waals surface area contributed by atoms with Gasteiger partial charge in [-0.25, -0.2) is 0 Å². The molecule has 2 saturated heterocycles. The number of morpholine rings is 1. The molecule has 0 amide bonds. The summed E-state index contributed by atoms with van der Waals surface area (Å²) >= 11 is 1.66. The van der Waals surface area contributed by atoms with Gasteiger partial charge in [0.25, 0.3) is 0 Å². The van der Waals surface area contributed by atoms with Gasteiger partial charge in [0.15, 0.2) is 5.78 Å². The number of ketones is 1. The average molecular weight is 501 g/mol. The van der Waals surface area contributed by atoms with Crippen LogP contribution in [-0.2, 0) is 16.0 Å². The number of H-pyrrole nitrogens is 1. The fourth-order valence-corrected chi connectivity index (χ4v) is 6.35. The largest absolute Gasteiger partial charge is 0.378 e. The van der Waals surface area contributed by atoms with Gasteiger partial charge >= 0.3 is 0 Å². The van der Waals surface area contributed by atoms with Crippen LogP contribution in [0.5, 0.6) is 0 Å². The molecule has 36 heavy (non-hydrogen) atoms. The number of anilines is 1. The number of Topliss-reactive ketones (excluding diaryl/α,β-unsaturated/α-hetero) is 1. The highest BCUT2D eigenvalue weighted by atomic mass is 32.1. The molecule has 186 valence electrons. The van der Waals surface area contributed by atoms with Crippen LogP contribution >= 0.6 is 11.3 Å². The number of hydrogen-bond acceptors (Lipinski definition) is 6. The zero-order chi connectivity index (χ0) is 24.5. The third-order valence-corrected chi connectivity index (χ3v) is 8.32. The monoisotopic (exact) mass is 500 g/mol. The fraction of sp³-hybridized carbons (Fsp3) is 0.379. The van der Waals surface area contributed by atoms with Gasteiger partial charge in [0.1, 0.15) is 0 Å². The highest BCUT2D eigenvalue weighted by Crippen LogP contribution is 2.33. The van der Waals surface area contributed by atoms with Crippen molar-refractivity contribution in [3.8, 4) is 11.3 Å². The van der Waals surface area contributed by atoms with E-state index in [0.717, 1.165) is 79.0 Å². The Morgan fingerprint density at radius 3 is 2.69 bits per heavy atom. The number of aromatic nitrogens is 2. The Morgan fingerprint density at radius 1 is 1.14 bits per heavy atom. The summed E-state index contributed by atoms with van der Waals surface area (Å²) in [6.07, 6.45) is 2.73. The predicted molar refractivity (Wildman–Crippen MR) is 146 cm³/mol. The SMILES string of the molecule is C[C@@H]1CCCN1C(C(=O)Cc1ccc2[nH]nc(-c3ccc(N4CCOCC4)cc3)c2c1)c1ccsc1. The molecule has 2 aromatic heterocycles. The molecule has 2 aromatic carbocycles. The van der Waals surface area contributed by atoms with Gasteiger partial charge in [-0.1, -0.05) is 18.2 Å². The maximum atomic E-state index is 13.7. The van der Waals surface area contributed by atoms with Crippen molar-refractivity contribution in [2.45, 2.75) is 38.3 Å². The van der Waals surface area contributed by atoms with E-state index >= 15 is 0 Å². The van der Waals surface area contributed by atoms with Gasteiger partial charge in [0.2, 0.25) is 0 Å². The minimum Gasteiger partial charge on any atom is -0.378 e. The molecule has 4 aromatic rings. The van der Waals surface area contributed by atoms with Crippen molar-refractivity contribution < 1.29 is 9.53 Å². The van der Waals surface area contributed by atoms with E-state index in [1.807, 2.05) is 0 Å². The lowest BCUT2D eigenvalue weighted by molar-refractivity contribution is -0.124. The Morgan fingerprint density at radius 2 is 1.97 bits per heavy atom. The van der Waals surface area contributed by atoms with Gasteiger partial charge in [-0.05, 0) is 78.5 Å². The first-order valence-electron chi connectivity index (χ1n) is 12.9. The minimum absolute atomic E-state index is 0.166. The third-order valence-electron chi connectivity index (χ3n) is 7.62. The minimum atomic E-state index is -0.166. The van der Waals surface area contributed by atoms with Crippen LogP contribution in [0.1, 0.15) is 36.9 Å². The first-order valence-corrected chi connectivity index (χ1v) is 13.8. The van der Waals surface area contributed by atoms with Crippen LogP contribution in [0.15, 0.2) is 59.3 Å². The molecule has 1 N–H and O–H groups in total. The normalized spacial score (nSPS) is 19.7. The number of hydrogen-bond donors (Lipinski definition) is 1. The van der Waals surface area contributed by atoms with Crippen LogP contribution in [0, 0.1) is 0 Å². The van der Waals surface area contributed by atoms with Gasteiger partial charge in [-0.15, -0.1) is 0 Å². The van der Waals surface area contributed by atoms with Crippen LogP contribution < -0.4 is 4.90 Å². The van der Waals surface area contributed by atoms with Crippen molar-refractivity contribution in [1.29, 1.82) is 0 Å². The quantitative estimate of drug-likeness (QED) is 0.365. The summed E-state index contributed by atoms with van der Waals surface area (Å²) in [5.74, 6) is 0.265. The van der Waals surface area contributed by atoms with Crippen LogP contribution in [0.25, 0.3) is 22.2 Å². The second-order valence-electron chi connectivity index (χ2n) is 9.93. The molecule has 6 rings (SSSR count). The fourth-order valence-electron chi connectivity index (χ4n) is 5.67. The van der Waals surface area contributed by atoms with E-state index in [2.05, 4.69) is 86.2 Å². The Kier molecular flexibility index (Phi) is 6.61. The van der Waals surface area contributed by atoms with Crippen molar-refractivity contribution in [2.75, 3.05) is 37.7 Å². The second kappa shape index (κ2) is 10.2. The summed E-state index contributed by atoms with van der Waals surface area (Å²) in [5.41, 5.74) is 6.36. The number of carbonyl (C=O) groups excluding carboxylic acids is 1. The average Bonchev–Trinajstić information content (AvgIpc) is 3.67. The smallest absolute Gasteiger partial charge is 0.158 e. The Labute approximate surface area is 215 Å². The van der Waals surface area contributed by atoms with E-state index in [0.29, 0.717) is 12.5 Å². The zero-order valence-corrected chi connectivity index (χ0v) is 21.5. The molecule has 4 heterocycles. The van der Waals surface area contributed by atoms with Crippen molar-refractivity contribution in [3.05, 3.63) is 70.4 Å².